The Balaban J connectivity index is 2.00. The van der Waals surface area contributed by atoms with Crippen LogP contribution in [-0.2, 0) is 20.8 Å². The molecule has 1 amide bonds. The number of aromatic hydroxyl groups is 1. The summed E-state index contributed by atoms with van der Waals surface area (Å²) >= 11 is 3.40. The summed E-state index contributed by atoms with van der Waals surface area (Å²) in [7, 11) is 4.43. The molecule has 4 rings (SSSR count). The number of aliphatic hydroxyl groups is 3. The van der Waals surface area contributed by atoms with Crippen molar-refractivity contribution in [3.63, 3.8) is 0 Å². The number of phenolic OH excluding ortho intramolecular Hbond substituents is 1. The molecule has 0 heterocycles. The normalized spacial score (nSPS) is 29.1. The molecule has 0 radical (unpaired) electrons. The minimum atomic E-state index is -2.66. The van der Waals surface area contributed by atoms with Gasteiger partial charge < -0.3 is 30.9 Å². The van der Waals surface area contributed by atoms with Gasteiger partial charge in [0.05, 0.1) is 18.7 Å². The average molecular weight is 523 g/mol. The molecule has 0 unspecified atom stereocenters. The first-order valence-electron chi connectivity index (χ1n) is 10.1. The SMILES string of the molecule is COc1cc(Br)c2c(c1O)C(O)=C1C(=O)[C@]3(O)C(O)=C(C(N)=O)C(=O)[C@@H](N(C)C)[C@@H]3C[C@@H]1C2. The van der Waals surface area contributed by atoms with E-state index < -0.39 is 58.0 Å². The molecular weight excluding hydrogens is 500 g/mol. The number of carbonyl (C=O) groups excluding carboxylic acids is 3. The Morgan fingerprint density at radius 1 is 1.27 bits per heavy atom. The van der Waals surface area contributed by atoms with Crippen LogP contribution in [-0.4, -0.2) is 75.6 Å². The van der Waals surface area contributed by atoms with Gasteiger partial charge in [0.2, 0.25) is 5.78 Å². The molecule has 3 aliphatic carbocycles. The standard InChI is InChI=1S/C22H23BrN2O8/c1-25(2)15-9-5-7-4-8-10(23)6-11(33-3)16(26)13(8)17(27)12(7)19(29)22(9,32)20(30)14(18(15)28)21(24)31/h6-7,9,15,26-27,30,32H,4-5H2,1-3H3,(H2,24,31)/t7-,9-,15-,22-/m0/s1. The summed E-state index contributed by atoms with van der Waals surface area (Å²) in [5, 5.41) is 44.0. The molecule has 4 atom stereocenters. The second-order valence-corrected chi connectivity index (χ2v) is 9.58. The maximum atomic E-state index is 13.7. The number of ether oxygens (including phenoxy) is 1. The Labute approximate surface area is 197 Å². The summed E-state index contributed by atoms with van der Waals surface area (Å²) in [6.45, 7) is 0. The third kappa shape index (κ3) is 2.95. The van der Waals surface area contributed by atoms with Crippen LogP contribution in [0.4, 0.5) is 0 Å². The van der Waals surface area contributed by atoms with E-state index in [-0.39, 0.29) is 35.5 Å². The number of halogens is 1. The molecule has 33 heavy (non-hydrogen) atoms. The number of fused-ring (bicyclic) bond motifs is 3. The van der Waals surface area contributed by atoms with Crippen molar-refractivity contribution in [3.05, 3.63) is 38.6 Å². The molecule has 0 aliphatic heterocycles. The van der Waals surface area contributed by atoms with Gasteiger partial charge in [-0.05, 0) is 44.5 Å². The average Bonchev–Trinajstić information content (AvgIpc) is 2.72. The highest BCUT2D eigenvalue weighted by Gasteiger charge is 2.64. The van der Waals surface area contributed by atoms with Gasteiger partial charge in [0, 0.05) is 16.0 Å². The Morgan fingerprint density at radius 2 is 1.91 bits per heavy atom. The monoisotopic (exact) mass is 522 g/mol. The zero-order chi connectivity index (χ0) is 24.6. The molecule has 11 heteroatoms. The molecule has 0 aromatic heterocycles. The second kappa shape index (κ2) is 7.57. The minimum absolute atomic E-state index is 0.0301. The van der Waals surface area contributed by atoms with Crippen LogP contribution in [0.3, 0.4) is 0 Å². The molecule has 10 nitrogen and oxygen atoms in total. The maximum absolute atomic E-state index is 13.7. The Bertz CT molecular complexity index is 1190. The quantitative estimate of drug-likeness (QED) is 0.359. The largest absolute Gasteiger partial charge is 0.508 e. The van der Waals surface area contributed by atoms with Gasteiger partial charge in [-0.2, -0.15) is 0 Å². The van der Waals surface area contributed by atoms with Gasteiger partial charge in [0.25, 0.3) is 5.91 Å². The Hall–Kier alpha value is -2.89. The predicted octanol–water partition coefficient (Wildman–Crippen LogP) is 0.735. The van der Waals surface area contributed by atoms with E-state index in [0.717, 1.165) is 0 Å². The first-order valence-corrected chi connectivity index (χ1v) is 10.9. The fraction of sp³-hybridized carbons (Fsp3) is 0.409. The van der Waals surface area contributed by atoms with E-state index in [4.69, 9.17) is 10.5 Å². The van der Waals surface area contributed by atoms with E-state index in [1.165, 1.54) is 18.1 Å². The van der Waals surface area contributed by atoms with Crippen LogP contribution in [0, 0.1) is 11.8 Å². The molecular formula is C22H23BrN2O8. The molecule has 1 aromatic carbocycles. The number of likely N-dealkylation sites (N-methyl/N-ethyl adjacent to an activating group) is 1. The Kier molecular flexibility index (Phi) is 5.34. The minimum Gasteiger partial charge on any atom is -0.508 e. The number of benzene rings is 1. The highest BCUT2D eigenvalue weighted by Crippen LogP contribution is 2.54. The number of carbonyl (C=O) groups is 3. The van der Waals surface area contributed by atoms with E-state index in [2.05, 4.69) is 15.9 Å². The first kappa shape index (κ1) is 23.3. The van der Waals surface area contributed by atoms with Gasteiger partial charge in [-0.15, -0.1) is 0 Å². The number of nitrogens with two attached hydrogens (primary N) is 1. The van der Waals surface area contributed by atoms with Crippen molar-refractivity contribution in [3.8, 4) is 11.5 Å². The molecule has 3 aliphatic rings. The Morgan fingerprint density at radius 3 is 2.45 bits per heavy atom. The zero-order valence-electron chi connectivity index (χ0n) is 18.0. The van der Waals surface area contributed by atoms with Gasteiger partial charge in [-0.25, -0.2) is 0 Å². The summed E-state index contributed by atoms with van der Waals surface area (Å²) < 4.78 is 5.66. The van der Waals surface area contributed by atoms with Gasteiger partial charge >= 0.3 is 0 Å². The number of aliphatic hydroxyl groups excluding tert-OH is 2. The fourth-order valence-electron chi connectivity index (χ4n) is 5.40. The lowest BCUT2D eigenvalue weighted by Gasteiger charge is -2.50. The van der Waals surface area contributed by atoms with E-state index >= 15 is 0 Å². The summed E-state index contributed by atoms with van der Waals surface area (Å²) in [5.74, 6) is -6.86. The van der Waals surface area contributed by atoms with Gasteiger partial charge in [-0.3, -0.25) is 19.3 Å². The summed E-state index contributed by atoms with van der Waals surface area (Å²) in [6, 6.07) is 0.420. The van der Waals surface area contributed by atoms with E-state index in [1.807, 2.05) is 0 Å². The third-order valence-electron chi connectivity index (χ3n) is 6.85. The number of nitrogens with zero attached hydrogens (tertiary/aromatic N) is 1. The number of amides is 1. The van der Waals surface area contributed by atoms with Gasteiger partial charge in [0.1, 0.15) is 17.1 Å². The van der Waals surface area contributed by atoms with Gasteiger partial charge in [0.15, 0.2) is 22.9 Å². The number of phenols is 1. The van der Waals surface area contributed by atoms with Crippen molar-refractivity contribution in [2.75, 3.05) is 21.2 Å². The number of ketones is 2. The predicted molar refractivity (Wildman–Crippen MR) is 118 cm³/mol. The maximum Gasteiger partial charge on any atom is 0.255 e. The molecule has 0 spiro atoms. The number of methoxy groups -OCH3 is 1. The molecule has 176 valence electrons. The van der Waals surface area contributed by atoms with Crippen LogP contribution < -0.4 is 10.5 Å². The molecule has 1 aromatic rings. The second-order valence-electron chi connectivity index (χ2n) is 8.72. The van der Waals surface area contributed by atoms with Crippen molar-refractivity contribution < 1.29 is 39.5 Å². The van der Waals surface area contributed by atoms with Crippen molar-refractivity contribution in [2.24, 2.45) is 17.6 Å². The molecule has 1 fully saturated rings. The first-order chi connectivity index (χ1) is 15.4. The number of hydrogen-bond donors (Lipinski definition) is 5. The van der Waals surface area contributed by atoms with Crippen LogP contribution in [0.25, 0.3) is 5.76 Å². The molecule has 0 bridgehead atoms. The number of rotatable bonds is 3. The number of Topliss-reactive ketones (excluding diaryl/α,β-unsaturated/α-hetero) is 2. The summed E-state index contributed by atoms with van der Waals surface area (Å²) in [4.78, 5) is 40.1. The smallest absolute Gasteiger partial charge is 0.255 e. The molecule has 1 saturated carbocycles. The van der Waals surface area contributed by atoms with Crippen molar-refractivity contribution in [1.82, 2.24) is 4.90 Å². The van der Waals surface area contributed by atoms with Crippen LogP contribution in [0.5, 0.6) is 11.5 Å². The van der Waals surface area contributed by atoms with Crippen LogP contribution in [0.15, 0.2) is 27.4 Å². The fourth-order valence-corrected chi connectivity index (χ4v) is 5.97. The highest BCUT2D eigenvalue weighted by molar-refractivity contribution is 9.10. The van der Waals surface area contributed by atoms with Crippen LogP contribution in [0.2, 0.25) is 0 Å². The lowest BCUT2D eigenvalue weighted by atomic mass is 9.57. The lowest BCUT2D eigenvalue weighted by molar-refractivity contribution is -0.153. The van der Waals surface area contributed by atoms with Crippen LogP contribution >= 0.6 is 15.9 Å². The van der Waals surface area contributed by atoms with Crippen molar-refractivity contribution in [1.29, 1.82) is 0 Å². The van der Waals surface area contributed by atoms with E-state index in [1.54, 1.807) is 14.1 Å². The topological polar surface area (TPSA) is 171 Å². The van der Waals surface area contributed by atoms with E-state index in [9.17, 15) is 34.8 Å². The lowest BCUT2D eigenvalue weighted by Crippen LogP contribution is -2.65. The van der Waals surface area contributed by atoms with Crippen molar-refractivity contribution >= 4 is 39.2 Å². The number of primary amides is 1. The molecule has 6 N–H and O–H groups in total. The third-order valence-corrected chi connectivity index (χ3v) is 7.56. The zero-order valence-corrected chi connectivity index (χ0v) is 19.6. The van der Waals surface area contributed by atoms with Gasteiger partial charge in [-0.1, -0.05) is 15.9 Å². The molecule has 0 saturated heterocycles. The summed E-state index contributed by atoms with van der Waals surface area (Å²) in [6.07, 6.45) is 0.234. The van der Waals surface area contributed by atoms with Crippen LogP contribution in [0.1, 0.15) is 17.5 Å². The van der Waals surface area contributed by atoms with Crippen molar-refractivity contribution in [2.45, 2.75) is 24.5 Å². The highest BCUT2D eigenvalue weighted by atomic mass is 79.9. The summed E-state index contributed by atoms with van der Waals surface area (Å²) in [5.41, 5.74) is 2.08. The number of hydrogen-bond acceptors (Lipinski definition) is 9. The van der Waals surface area contributed by atoms with E-state index in [0.29, 0.717) is 10.0 Å².